The third kappa shape index (κ3) is 2.83. The van der Waals surface area contributed by atoms with Crippen LogP contribution in [0.4, 0.5) is 20.4 Å². The zero-order valence-electron chi connectivity index (χ0n) is 14.1. The van der Waals surface area contributed by atoms with Gasteiger partial charge in [-0.25, -0.2) is 23.7 Å². The lowest BCUT2D eigenvalue weighted by atomic mass is 10.0. The molecule has 1 amide bonds. The van der Waals surface area contributed by atoms with Crippen molar-refractivity contribution < 1.29 is 13.6 Å². The fraction of sp³-hybridized carbons (Fsp3) is 0.412. The maximum atomic E-state index is 14.2. The van der Waals surface area contributed by atoms with Gasteiger partial charge >= 0.3 is 0 Å². The third-order valence-corrected chi connectivity index (χ3v) is 4.69. The topological polar surface area (TPSA) is 91.8 Å². The lowest BCUT2D eigenvalue weighted by Gasteiger charge is -2.18. The molecule has 1 aliphatic carbocycles. The average Bonchev–Trinajstić information content (AvgIpc) is 3.29. The van der Waals surface area contributed by atoms with Gasteiger partial charge in [-0.1, -0.05) is 0 Å². The highest BCUT2D eigenvalue weighted by molar-refractivity contribution is 5.92. The van der Waals surface area contributed by atoms with E-state index in [1.165, 1.54) is 6.07 Å². The van der Waals surface area contributed by atoms with E-state index in [0.717, 1.165) is 12.4 Å². The van der Waals surface area contributed by atoms with Gasteiger partial charge in [0.1, 0.15) is 23.0 Å². The van der Waals surface area contributed by atoms with Gasteiger partial charge in [0, 0.05) is 18.7 Å². The predicted molar refractivity (Wildman–Crippen MR) is 90.8 cm³/mol. The van der Waals surface area contributed by atoms with Crippen LogP contribution in [0.5, 0.6) is 0 Å². The number of aromatic nitrogens is 3. The van der Waals surface area contributed by atoms with Crippen LogP contribution in [-0.4, -0.2) is 39.5 Å². The summed E-state index contributed by atoms with van der Waals surface area (Å²) in [7, 11) is 0. The summed E-state index contributed by atoms with van der Waals surface area (Å²) in [5, 5.41) is 8.75. The summed E-state index contributed by atoms with van der Waals surface area (Å²) >= 11 is 0. The second kappa shape index (κ2) is 6.15. The number of hydrogen-bond donors (Lipinski definition) is 3. The van der Waals surface area contributed by atoms with Crippen molar-refractivity contribution in [2.45, 2.75) is 31.2 Å². The molecule has 26 heavy (non-hydrogen) atoms. The molecule has 7 nitrogen and oxygen atoms in total. The Kier molecular flexibility index (Phi) is 3.93. The molecule has 4 rings (SSSR count). The Morgan fingerprint density at radius 2 is 2.15 bits per heavy atom. The SMILES string of the molecule is CCNC(=O)C1(Nc2nc(C3CNc4ncc(F)cc43)ncc2F)CC1. The Bertz CT molecular complexity index is 870. The van der Waals surface area contributed by atoms with Gasteiger partial charge in [-0.05, 0) is 25.8 Å². The Hall–Kier alpha value is -2.84. The highest BCUT2D eigenvalue weighted by Crippen LogP contribution is 2.40. The van der Waals surface area contributed by atoms with Crippen molar-refractivity contribution in [1.29, 1.82) is 0 Å². The second-order valence-electron chi connectivity index (χ2n) is 6.52. The van der Waals surface area contributed by atoms with Crippen molar-refractivity contribution in [2.24, 2.45) is 0 Å². The summed E-state index contributed by atoms with van der Waals surface area (Å²) in [6, 6.07) is 1.38. The average molecular weight is 360 g/mol. The largest absolute Gasteiger partial charge is 0.369 e. The van der Waals surface area contributed by atoms with Crippen molar-refractivity contribution in [1.82, 2.24) is 20.3 Å². The zero-order valence-corrected chi connectivity index (χ0v) is 14.1. The Morgan fingerprint density at radius 1 is 1.35 bits per heavy atom. The van der Waals surface area contributed by atoms with Crippen LogP contribution >= 0.6 is 0 Å². The highest BCUT2D eigenvalue weighted by atomic mass is 19.1. The molecule has 0 radical (unpaired) electrons. The van der Waals surface area contributed by atoms with E-state index >= 15 is 0 Å². The molecule has 0 saturated heterocycles. The lowest BCUT2D eigenvalue weighted by molar-refractivity contribution is -0.122. The minimum absolute atomic E-state index is 0.0171. The van der Waals surface area contributed by atoms with E-state index in [-0.39, 0.29) is 17.6 Å². The van der Waals surface area contributed by atoms with Gasteiger partial charge in [0.25, 0.3) is 0 Å². The van der Waals surface area contributed by atoms with Gasteiger partial charge in [0.05, 0.1) is 18.3 Å². The van der Waals surface area contributed by atoms with Crippen LogP contribution in [0.15, 0.2) is 18.5 Å². The fourth-order valence-electron chi connectivity index (χ4n) is 3.13. The third-order valence-electron chi connectivity index (χ3n) is 4.69. The first-order chi connectivity index (χ1) is 12.5. The Morgan fingerprint density at radius 3 is 2.88 bits per heavy atom. The maximum absolute atomic E-state index is 14.2. The minimum Gasteiger partial charge on any atom is -0.369 e. The number of carbonyl (C=O) groups excluding carboxylic acids is 1. The van der Waals surface area contributed by atoms with E-state index in [1.807, 2.05) is 6.92 Å². The molecule has 1 unspecified atom stereocenters. The molecule has 1 atom stereocenters. The normalized spacial score (nSPS) is 19.4. The summed E-state index contributed by atoms with van der Waals surface area (Å²) in [6.07, 6.45) is 3.43. The molecule has 1 fully saturated rings. The summed E-state index contributed by atoms with van der Waals surface area (Å²) in [4.78, 5) is 24.5. The summed E-state index contributed by atoms with van der Waals surface area (Å²) < 4.78 is 27.8. The molecule has 1 aliphatic heterocycles. The fourth-order valence-corrected chi connectivity index (χ4v) is 3.13. The molecule has 1 saturated carbocycles. The number of nitrogens with zero attached hydrogens (tertiary/aromatic N) is 3. The van der Waals surface area contributed by atoms with Crippen molar-refractivity contribution in [2.75, 3.05) is 23.7 Å². The first-order valence-corrected chi connectivity index (χ1v) is 8.50. The smallest absolute Gasteiger partial charge is 0.245 e. The van der Waals surface area contributed by atoms with Crippen LogP contribution in [-0.2, 0) is 4.79 Å². The number of pyridine rings is 1. The molecule has 2 aliphatic rings. The van der Waals surface area contributed by atoms with Crippen LogP contribution in [0, 0.1) is 11.6 Å². The predicted octanol–water partition coefficient (Wildman–Crippen LogP) is 1.79. The summed E-state index contributed by atoms with van der Waals surface area (Å²) in [5.41, 5.74) is -0.186. The molecule has 3 N–H and O–H groups in total. The maximum Gasteiger partial charge on any atom is 0.245 e. The van der Waals surface area contributed by atoms with Gasteiger partial charge in [-0.15, -0.1) is 0 Å². The Labute approximate surface area is 148 Å². The van der Waals surface area contributed by atoms with E-state index in [0.29, 0.717) is 43.1 Å². The number of likely N-dealkylation sites (N-methyl/N-ethyl adjacent to an activating group) is 1. The molecule has 0 aromatic carbocycles. The number of amides is 1. The van der Waals surface area contributed by atoms with Gasteiger partial charge in [0.15, 0.2) is 11.6 Å². The van der Waals surface area contributed by atoms with E-state index in [2.05, 4.69) is 30.9 Å². The standard InChI is InChI=1S/C17H18F2N6O/c1-2-20-16(26)17(3-4-17)25-15-12(19)8-23-14(24-15)11-7-22-13-10(11)5-9(18)6-21-13/h5-6,8,11H,2-4,7H2,1H3,(H,20,26)(H,21,22)(H,23,24,25). The molecular formula is C17H18F2N6O. The zero-order chi connectivity index (χ0) is 18.3. The summed E-state index contributed by atoms with van der Waals surface area (Å²) in [6.45, 7) is 2.77. The van der Waals surface area contributed by atoms with Crippen LogP contribution in [0.3, 0.4) is 0 Å². The van der Waals surface area contributed by atoms with Crippen LogP contribution in [0.25, 0.3) is 0 Å². The van der Waals surface area contributed by atoms with Crippen LogP contribution in [0.1, 0.15) is 37.1 Å². The van der Waals surface area contributed by atoms with Crippen molar-refractivity contribution in [3.63, 3.8) is 0 Å². The number of carbonyl (C=O) groups is 1. The summed E-state index contributed by atoms with van der Waals surface area (Å²) in [5.74, 6) is -0.692. The Balaban J connectivity index is 1.62. The minimum atomic E-state index is -0.817. The number of nitrogens with one attached hydrogen (secondary N) is 3. The van der Waals surface area contributed by atoms with E-state index in [9.17, 15) is 13.6 Å². The number of fused-ring (bicyclic) bond motifs is 1. The number of anilines is 2. The lowest BCUT2D eigenvalue weighted by Crippen LogP contribution is -2.42. The van der Waals surface area contributed by atoms with Crippen molar-refractivity contribution >= 4 is 17.5 Å². The molecule has 3 heterocycles. The molecular weight excluding hydrogens is 342 g/mol. The number of hydrogen-bond acceptors (Lipinski definition) is 6. The molecule has 2 aromatic heterocycles. The van der Waals surface area contributed by atoms with Gasteiger partial charge in [-0.2, -0.15) is 0 Å². The van der Waals surface area contributed by atoms with Gasteiger partial charge in [-0.3, -0.25) is 4.79 Å². The van der Waals surface area contributed by atoms with Crippen LogP contribution in [0.2, 0.25) is 0 Å². The first kappa shape index (κ1) is 16.6. The molecule has 9 heteroatoms. The second-order valence-corrected chi connectivity index (χ2v) is 6.52. The molecule has 136 valence electrons. The number of halogens is 2. The van der Waals surface area contributed by atoms with E-state index in [1.54, 1.807) is 0 Å². The highest BCUT2D eigenvalue weighted by Gasteiger charge is 2.50. The van der Waals surface area contributed by atoms with E-state index < -0.39 is 17.2 Å². The molecule has 0 bridgehead atoms. The quantitative estimate of drug-likeness (QED) is 0.753. The van der Waals surface area contributed by atoms with Crippen molar-refractivity contribution in [3.8, 4) is 0 Å². The van der Waals surface area contributed by atoms with Crippen molar-refractivity contribution in [3.05, 3.63) is 41.5 Å². The van der Waals surface area contributed by atoms with E-state index in [4.69, 9.17) is 0 Å². The van der Waals surface area contributed by atoms with Gasteiger partial charge < -0.3 is 16.0 Å². The number of rotatable bonds is 5. The molecule has 2 aromatic rings. The van der Waals surface area contributed by atoms with Gasteiger partial charge in [0.2, 0.25) is 5.91 Å². The monoisotopic (exact) mass is 360 g/mol. The van der Waals surface area contributed by atoms with Crippen LogP contribution < -0.4 is 16.0 Å². The molecule has 0 spiro atoms. The first-order valence-electron chi connectivity index (χ1n) is 8.50.